The van der Waals surface area contributed by atoms with Crippen molar-refractivity contribution < 1.29 is 14.3 Å². The van der Waals surface area contributed by atoms with E-state index in [1.54, 1.807) is 6.07 Å². The van der Waals surface area contributed by atoms with Crippen LogP contribution in [0.3, 0.4) is 0 Å². The summed E-state index contributed by atoms with van der Waals surface area (Å²) in [5.41, 5.74) is 0.624. The number of carboxylic acid groups (broad SMARTS) is 1. The SMILES string of the molecule is CCN1CCC(N(C)c2ccc(F)cc2C(=O)O)CC1. The molecular formula is C15H21FN2O2. The molecule has 1 fully saturated rings. The first kappa shape index (κ1) is 14.8. The van der Waals surface area contributed by atoms with Crippen molar-refractivity contribution in [1.29, 1.82) is 0 Å². The van der Waals surface area contributed by atoms with Crippen LogP contribution in [0.15, 0.2) is 18.2 Å². The maximum atomic E-state index is 13.2. The topological polar surface area (TPSA) is 43.8 Å². The number of likely N-dealkylation sites (tertiary alicyclic amines) is 1. The van der Waals surface area contributed by atoms with Gasteiger partial charge >= 0.3 is 5.97 Å². The molecule has 0 bridgehead atoms. The third kappa shape index (κ3) is 3.10. The lowest BCUT2D eigenvalue weighted by molar-refractivity contribution is 0.0697. The number of aromatic carboxylic acids is 1. The fourth-order valence-electron chi connectivity index (χ4n) is 2.81. The van der Waals surface area contributed by atoms with Gasteiger partial charge in [0.25, 0.3) is 0 Å². The van der Waals surface area contributed by atoms with Gasteiger partial charge in [0.1, 0.15) is 5.82 Å². The molecule has 2 rings (SSSR count). The fraction of sp³-hybridized carbons (Fsp3) is 0.533. The highest BCUT2D eigenvalue weighted by Gasteiger charge is 2.24. The molecule has 0 spiro atoms. The van der Waals surface area contributed by atoms with E-state index in [1.165, 1.54) is 6.07 Å². The molecule has 0 amide bonds. The Kier molecular flexibility index (Phi) is 4.60. The Hall–Kier alpha value is -1.62. The van der Waals surface area contributed by atoms with Gasteiger partial charge in [0, 0.05) is 26.2 Å². The maximum Gasteiger partial charge on any atom is 0.337 e. The van der Waals surface area contributed by atoms with Crippen molar-refractivity contribution in [3.63, 3.8) is 0 Å². The van der Waals surface area contributed by atoms with E-state index in [0.29, 0.717) is 11.7 Å². The largest absolute Gasteiger partial charge is 0.478 e. The number of piperidine rings is 1. The van der Waals surface area contributed by atoms with Gasteiger partial charge in [-0.05, 0) is 37.6 Å². The van der Waals surface area contributed by atoms with Crippen molar-refractivity contribution in [2.24, 2.45) is 0 Å². The third-order valence-electron chi connectivity index (χ3n) is 4.12. The summed E-state index contributed by atoms with van der Waals surface area (Å²) < 4.78 is 13.2. The van der Waals surface area contributed by atoms with Crippen molar-refractivity contribution in [3.8, 4) is 0 Å². The minimum absolute atomic E-state index is 0.0328. The van der Waals surface area contributed by atoms with E-state index < -0.39 is 11.8 Å². The van der Waals surface area contributed by atoms with Gasteiger partial charge in [0.05, 0.1) is 11.3 Å². The van der Waals surface area contributed by atoms with Crippen molar-refractivity contribution >= 4 is 11.7 Å². The number of nitrogens with zero attached hydrogens (tertiary/aromatic N) is 2. The van der Waals surface area contributed by atoms with Gasteiger partial charge in [-0.1, -0.05) is 6.92 Å². The van der Waals surface area contributed by atoms with Gasteiger partial charge in [-0.25, -0.2) is 9.18 Å². The molecule has 1 heterocycles. The van der Waals surface area contributed by atoms with Crippen LogP contribution in [0.2, 0.25) is 0 Å². The Bertz CT molecular complexity index is 485. The smallest absolute Gasteiger partial charge is 0.337 e. The average Bonchev–Trinajstić information content (AvgIpc) is 2.46. The second-order valence-corrected chi connectivity index (χ2v) is 5.24. The van der Waals surface area contributed by atoms with Gasteiger partial charge < -0.3 is 14.9 Å². The summed E-state index contributed by atoms with van der Waals surface area (Å²) >= 11 is 0. The Morgan fingerprint density at radius 1 is 1.45 bits per heavy atom. The van der Waals surface area contributed by atoms with Gasteiger partial charge in [-0.2, -0.15) is 0 Å². The molecule has 20 heavy (non-hydrogen) atoms. The second kappa shape index (κ2) is 6.22. The molecule has 0 saturated carbocycles. The summed E-state index contributed by atoms with van der Waals surface area (Å²) in [7, 11) is 1.89. The Labute approximate surface area is 118 Å². The lowest BCUT2D eigenvalue weighted by Gasteiger charge is -2.37. The zero-order valence-corrected chi connectivity index (χ0v) is 12.0. The van der Waals surface area contributed by atoms with Crippen LogP contribution in [-0.4, -0.2) is 48.7 Å². The summed E-state index contributed by atoms with van der Waals surface area (Å²) in [4.78, 5) is 15.6. The van der Waals surface area contributed by atoms with Crippen LogP contribution in [0, 0.1) is 5.82 Å². The van der Waals surface area contributed by atoms with Crippen molar-refractivity contribution in [2.45, 2.75) is 25.8 Å². The minimum Gasteiger partial charge on any atom is -0.478 e. The lowest BCUT2D eigenvalue weighted by atomic mass is 10.0. The van der Waals surface area contributed by atoms with Gasteiger partial charge in [-0.3, -0.25) is 0 Å². The third-order valence-corrected chi connectivity index (χ3v) is 4.12. The zero-order chi connectivity index (χ0) is 14.7. The van der Waals surface area contributed by atoms with Crippen LogP contribution in [0.1, 0.15) is 30.1 Å². The number of carboxylic acids is 1. The summed E-state index contributed by atoms with van der Waals surface area (Å²) in [5.74, 6) is -1.60. The summed E-state index contributed by atoms with van der Waals surface area (Å²) in [6.45, 7) is 5.24. The molecule has 1 N–H and O–H groups in total. The number of hydrogen-bond acceptors (Lipinski definition) is 3. The number of hydrogen-bond donors (Lipinski definition) is 1. The molecule has 110 valence electrons. The number of halogens is 1. The minimum atomic E-state index is -1.09. The van der Waals surface area contributed by atoms with E-state index in [9.17, 15) is 14.3 Å². The first-order valence-electron chi connectivity index (χ1n) is 7.01. The van der Waals surface area contributed by atoms with Crippen LogP contribution in [0.25, 0.3) is 0 Å². The lowest BCUT2D eigenvalue weighted by Crippen LogP contribution is -2.43. The highest BCUT2D eigenvalue weighted by atomic mass is 19.1. The molecule has 1 saturated heterocycles. The van der Waals surface area contributed by atoms with Crippen molar-refractivity contribution in [2.75, 3.05) is 31.6 Å². The summed E-state index contributed by atoms with van der Waals surface area (Å²) in [6, 6.07) is 4.28. The molecule has 0 atom stereocenters. The first-order valence-corrected chi connectivity index (χ1v) is 7.01. The molecule has 1 aliphatic heterocycles. The highest BCUT2D eigenvalue weighted by molar-refractivity contribution is 5.94. The number of carbonyl (C=O) groups is 1. The second-order valence-electron chi connectivity index (χ2n) is 5.24. The fourth-order valence-corrected chi connectivity index (χ4v) is 2.81. The van der Waals surface area contributed by atoms with Gasteiger partial charge in [0.15, 0.2) is 0 Å². The molecular weight excluding hydrogens is 259 g/mol. The monoisotopic (exact) mass is 280 g/mol. The van der Waals surface area contributed by atoms with Crippen LogP contribution in [0.4, 0.5) is 10.1 Å². The van der Waals surface area contributed by atoms with Gasteiger partial charge in [0.2, 0.25) is 0 Å². The molecule has 0 radical (unpaired) electrons. The van der Waals surface area contributed by atoms with E-state index in [4.69, 9.17) is 0 Å². The standard InChI is InChI=1S/C15H21FN2O2/c1-3-18-8-6-12(7-9-18)17(2)14-5-4-11(16)10-13(14)15(19)20/h4-5,10,12H,3,6-9H2,1-2H3,(H,19,20). The molecule has 1 aromatic carbocycles. The van der Waals surface area contributed by atoms with Crippen LogP contribution in [0.5, 0.6) is 0 Å². The molecule has 1 aromatic rings. The van der Waals surface area contributed by atoms with Crippen LogP contribution < -0.4 is 4.90 Å². The number of benzene rings is 1. The predicted molar refractivity (Wildman–Crippen MR) is 76.9 cm³/mol. The first-order chi connectivity index (χ1) is 9.52. The van der Waals surface area contributed by atoms with Crippen molar-refractivity contribution in [3.05, 3.63) is 29.6 Å². The molecule has 1 aliphatic rings. The summed E-state index contributed by atoms with van der Waals surface area (Å²) in [5, 5.41) is 9.22. The zero-order valence-electron chi connectivity index (χ0n) is 12.0. The van der Waals surface area contributed by atoms with E-state index in [-0.39, 0.29) is 5.56 Å². The van der Waals surface area contributed by atoms with E-state index in [2.05, 4.69) is 11.8 Å². The van der Waals surface area contributed by atoms with E-state index in [1.807, 2.05) is 11.9 Å². The van der Waals surface area contributed by atoms with Gasteiger partial charge in [-0.15, -0.1) is 0 Å². The Morgan fingerprint density at radius 2 is 2.10 bits per heavy atom. The van der Waals surface area contributed by atoms with Crippen LogP contribution in [-0.2, 0) is 0 Å². The molecule has 0 aliphatic carbocycles. The number of rotatable bonds is 4. The summed E-state index contributed by atoms with van der Waals surface area (Å²) in [6.07, 6.45) is 2.00. The predicted octanol–water partition coefficient (Wildman–Crippen LogP) is 2.44. The Balaban J connectivity index is 2.17. The molecule has 4 nitrogen and oxygen atoms in total. The van der Waals surface area contributed by atoms with E-state index in [0.717, 1.165) is 38.5 Å². The van der Waals surface area contributed by atoms with Crippen LogP contribution >= 0.6 is 0 Å². The van der Waals surface area contributed by atoms with Crippen molar-refractivity contribution in [1.82, 2.24) is 4.90 Å². The Morgan fingerprint density at radius 3 is 2.65 bits per heavy atom. The normalized spacial score (nSPS) is 17.1. The molecule has 0 aromatic heterocycles. The number of anilines is 1. The van der Waals surface area contributed by atoms with E-state index >= 15 is 0 Å². The molecule has 5 heteroatoms. The average molecular weight is 280 g/mol. The quantitative estimate of drug-likeness (QED) is 0.920. The molecule has 0 unspecified atom stereocenters. The maximum absolute atomic E-state index is 13.2. The highest BCUT2D eigenvalue weighted by Crippen LogP contribution is 2.26.